The van der Waals surface area contributed by atoms with Crippen molar-refractivity contribution in [2.75, 3.05) is 6.54 Å². The number of carboxylic acids is 1. The maximum Gasteiger partial charge on any atom is 0.312 e. The van der Waals surface area contributed by atoms with Crippen LogP contribution in [0.1, 0.15) is 22.7 Å². The minimum absolute atomic E-state index is 0.460. The average Bonchev–Trinajstić information content (AvgIpc) is 2.83. The van der Waals surface area contributed by atoms with Gasteiger partial charge in [0, 0.05) is 18.7 Å². The number of aliphatic carboxylic acids is 1. The lowest BCUT2D eigenvalue weighted by atomic mass is 9.96. The van der Waals surface area contributed by atoms with Crippen molar-refractivity contribution in [1.29, 1.82) is 0 Å². The molecule has 0 aliphatic carbocycles. The van der Waals surface area contributed by atoms with Crippen molar-refractivity contribution in [2.45, 2.75) is 19.4 Å². The predicted octanol–water partition coefficient (Wildman–Crippen LogP) is 1.45. The number of nitrogens with zero attached hydrogens (tertiary/aromatic N) is 2. The summed E-state index contributed by atoms with van der Waals surface area (Å²) in [6.07, 6.45) is 1.68. The van der Waals surface area contributed by atoms with Crippen LogP contribution in [-0.4, -0.2) is 27.4 Å². The topological polar surface area (TPSA) is 67.2 Å². The molecule has 3 rings (SSSR count). The summed E-state index contributed by atoms with van der Waals surface area (Å²) in [5.41, 5.74) is 3.89. The molecule has 2 N–H and O–H groups in total. The van der Waals surface area contributed by atoms with Crippen LogP contribution >= 0.6 is 0 Å². The normalized spacial score (nSPS) is 18.1. The molecule has 5 heteroatoms. The van der Waals surface area contributed by atoms with E-state index in [-0.39, 0.29) is 0 Å². The molecule has 19 heavy (non-hydrogen) atoms. The highest BCUT2D eigenvalue weighted by molar-refractivity contribution is 5.77. The number of carbonyl (C=O) groups is 1. The van der Waals surface area contributed by atoms with Crippen LogP contribution in [0.15, 0.2) is 30.5 Å². The zero-order valence-corrected chi connectivity index (χ0v) is 10.6. The number of hydrogen-bond donors (Lipinski definition) is 2. The second-order valence-corrected chi connectivity index (χ2v) is 4.82. The van der Waals surface area contributed by atoms with E-state index in [9.17, 15) is 9.90 Å². The summed E-state index contributed by atoms with van der Waals surface area (Å²) in [4.78, 5) is 11.2. The first kappa shape index (κ1) is 11.9. The molecule has 1 aliphatic rings. The van der Waals surface area contributed by atoms with E-state index in [0.29, 0.717) is 13.1 Å². The number of nitrogens with one attached hydrogen (secondary N) is 1. The summed E-state index contributed by atoms with van der Waals surface area (Å²) >= 11 is 0. The third-order valence-electron chi connectivity index (χ3n) is 3.49. The zero-order valence-electron chi connectivity index (χ0n) is 10.6. The van der Waals surface area contributed by atoms with E-state index in [2.05, 4.69) is 10.4 Å². The first-order valence-electron chi connectivity index (χ1n) is 6.24. The van der Waals surface area contributed by atoms with Gasteiger partial charge in [-0.25, -0.2) is 4.68 Å². The monoisotopic (exact) mass is 257 g/mol. The van der Waals surface area contributed by atoms with Crippen LogP contribution in [0.2, 0.25) is 0 Å². The Morgan fingerprint density at radius 1 is 1.42 bits per heavy atom. The van der Waals surface area contributed by atoms with Gasteiger partial charge in [-0.15, -0.1) is 0 Å². The molecule has 0 amide bonds. The minimum Gasteiger partial charge on any atom is -0.481 e. The van der Waals surface area contributed by atoms with E-state index in [1.54, 1.807) is 6.20 Å². The zero-order chi connectivity index (χ0) is 13.4. The molecule has 1 aliphatic heterocycles. The van der Waals surface area contributed by atoms with E-state index in [0.717, 1.165) is 16.9 Å². The van der Waals surface area contributed by atoms with Gasteiger partial charge in [-0.05, 0) is 19.1 Å². The number of aryl methyl sites for hydroxylation is 1. The number of aromatic nitrogens is 2. The summed E-state index contributed by atoms with van der Waals surface area (Å²) < 4.78 is 1.82. The van der Waals surface area contributed by atoms with Gasteiger partial charge in [-0.1, -0.05) is 17.7 Å². The molecule has 1 aromatic heterocycles. The van der Waals surface area contributed by atoms with Gasteiger partial charge in [0.25, 0.3) is 0 Å². The van der Waals surface area contributed by atoms with Gasteiger partial charge in [0.1, 0.15) is 0 Å². The Morgan fingerprint density at radius 3 is 2.84 bits per heavy atom. The molecule has 2 heterocycles. The van der Waals surface area contributed by atoms with Crippen molar-refractivity contribution in [3.8, 4) is 5.69 Å². The van der Waals surface area contributed by atoms with Crippen molar-refractivity contribution in [3.05, 3.63) is 47.3 Å². The maximum absolute atomic E-state index is 11.2. The molecule has 1 aromatic carbocycles. The minimum atomic E-state index is -0.808. The largest absolute Gasteiger partial charge is 0.481 e. The van der Waals surface area contributed by atoms with Crippen LogP contribution < -0.4 is 5.32 Å². The average molecular weight is 257 g/mol. The van der Waals surface area contributed by atoms with Gasteiger partial charge in [0.2, 0.25) is 0 Å². The number of benzene rings is 1. The Kier molecular flexibility index (Phi) is 2.83. The Morgan fingerprint density at radius 2 is 2.16 bits per heavy atom. The van der Waals surface area contributed by atoms with E-state index >= 15 is 0 Å². The molecule has 0 radical (unpaired) electrons. The van der Waals surface area contributed by atoms with Crippen molar-refractivity contribution >= 4 is 5.97 Å². The maximum atomic E-state index is 11.2. The fourth-order valence-electron chi connectivity index (χ4n) is 2.43. The van der Waals surface area contributed by atoms with Crippen LogP contribution in [0.3, 0.4) is 0 Å². The van der Waals surface area contributed by atoms with Gasteiger partial charge >= 0.3 is 5.97 Å². The SMILES string of the molecule is Cc1ccc(-n2ncc3c2CNCC3C(=O)O)cc1. The molecule has 0 bridgehead atoms. The third-order valence-corrected chi connectivity index (χ3v) is 3.49. The predicted molar refractivity (Wildman–Crippen MR) is 70.4 cm³/mol. The van der Waals surface area contributed by atoms with Crippen LogP contribution in [-0.2, 0) is 11.3 Å². The van der Waals surface area contributed by atoms with Crippen LogP contribution in [0.25, 0.3) is 5.69 Å². The third kappa shape index (κ3) is 2.02. The van der Waals surface area contributed by atoms with Gasteiger partial charge < -0.3 is 10.4 Å². The molecule has 98 valence electrons. The van der Waals surface area contributed by atoms with E-state index in [4.69, 9.17) is 0 Å². The van der Waals surface area contributed by atoms with Gasteiger partial charge in [-0.3, -0.25) is 4.79 Å². The molecule has 0 spiro atoms. The number of carboxylic acid groups (broad SMARTS) is 1. The lowest BCUT2D eigenvalue weighted by Gasteiger charge is -2.21. The molecule has 5 nitrogen and oxygen atoms in total. The summed E-state index contributed by atoms with van der Waals surface area (Å²) in [5, 5.41) is 16.7. The van der Waals surface area contributed by atoms with E-state index < -0.39 is 11.9 Å². The summed E-state index contributed by atoms with van der Waals surface area (Å²) in [7, 11) is 0. The first-order chi connectivity index (χ1) is 9.16. The van der Waals surface area contributed by atoms with Crippen LogP contribution in [0.5, 0.6) is 0 Å². The molecule has 2 aromatic rings. The quantitative estimate of drug-likeness (QED) is 0.854. The molecule has 0 saturated carbocycles. The standard InChI is InChI=1S/C14H15N3O2/c1-9-2-4-10(5-3-9)17-13-8-15-6-12(14(18)19)11(13)7-16-17/h2-5,7,12,15H,6,8H2,1H3,(H,18,19). The highest BCUT2D eigenvalue weighted by atomic mass is 16.4. The molecular formula is C14H15N3O2. The summed E-state index contributed by atoms with van der Waals surface area (Å²) in [6.45, 7) is 3.14. The first-order valence-corrected chi connectivity index (χ1v) is 6.24. The summed E-state index contributed by atoms with van der Waals surface area (Å²) in [6, 6.07) is 8.03. The number of rotatable bonds is 2. The Labute approximate surface area is 110 Å². The van der Waals surface area contributed by atoms with Crippen LogP contribution in [0, 0.1) is 6.92 Å². The highest BCUT2D eigenvalue weighted by Crippen LogP contribution is 2.26. The number of fused-ring (bicyclic) bond motifs is 1. The van der Waals surface area contributed by atoms with Crippen LogP contribution in [0.4, 0.5) is 0 Å². The molecule has 0 fully saturated rings. The second kappa shape index (κ2) is 4.51. The van der Waals surface area contributed by atoms with Crippen molar-refractivity contribution < 1.29 is 9.90 Å². The smallest absolute Gasteiger partial charge is 0.312 e. The Bertz CT molecular complexity index is 616. The summed E-state index contributed by atoms with van der Waals surface area (Å²) in [5.74, 6) is -1.32. The fraction of sp³-hybridized carbons (Fsp3) is 0.286. The molecule has 0 saturated heterocycles. The van der Waals surface area contributed by atoms with Gasteiger partial charge in [0.05, 0.1) is 23.5 Å². The van der Waals surface area contributed by atoms with E-state index in [1.807, 2.05) is 35.9 Å². The lowest BCUT2D eigenvalue weighted by molar-refractivity contribution is -0.138. The lowest BCUT2D eigenvalue weighted by Crippen LogP contribution is -2.33. The van der Waals surface area contributed by atoms with Gasteiger partial charge in [0.15, 0.2) is 0 Å². The number of hydrogen-bond acceptors (Lipinski definition) is 3. The molecule has 1 atom stereocenters. The molecule has 1 unspecified atom stereocenters. The van der Waals surface area contributed by atoms with Crippen molar-refractivity contribution in [3.63, 3.8) is 0 Å². The second-order valence-electron chi connectivity index (χ2n) is 4.82. The van der Waals surface area contributed by atoms with Crippen molar-refractivity contribution in [1.82, 2.24) is 15.1 Å². The molecular weight excluding hydrogens is 242 g/mol. The Balaban J connectivity index is 2.05. The van der Waals surface area contributed by atoms with Crippen molar-refractivity contribution in [2.24, 2.45) is 0 Å². The fourth-order valence-corrected chi connectivity index (χ4v) is 2.43. The van der Waals surface area contributed by atoms with E-state index in [1.165, 1.54) is 5.56 Å². The highest BCUT2D eigenvalue weighted by Gasteiger charge is 2.29. The van der Waals surface area contributed by atoms with Gasteiger partial charge in [-0.2, -0.15) is 5.10 Å². The Hall–Kier alpha value is -2.14.